The fourth-order valence-electron chi connectivity index (χ4n) is 0.646. The smallest absolute Gasteiger partial charge is 0.347 e. The molecule has 1 radical (unpaired) electrons. The number of ether oxygens (including phenoxy) is 1. The van der Waals surface area contributed by atoms with Crippen LogP contribution in [0.5, 0.6) is 0 Å². The predicted octanol–water partition coefficient (Wildman–Crippen LogP) is 0.599. The maximum atomic E-state index is 10.9. The molecule has 61 valence electrons. The van der Waals surface area contributed by atoms with Gasteiger partial charge in [-0.2, -0.15) is 0 Å². The Bertz CT molecular complexity index is 294. The van der Waals surface area contributed by atoms with Crippen molar-refractivity contribution in [3.63, 3.8) is 0 Å². The average molecular weight is 164 g/mol. The third kappa shape index (κ3) is 2.16. The molecular weight excluding hydrogens is 158 g/mol. The molecule has 0 N–H and O–H groups in total. The van der Waals surface area contributed by atoms with E-state index in [-0.39, 0.29) is 5.56 Å². The van der Waals surface area contributed by atoms with E-state index in [4.69, 9.17) is 0 Å². The normalized spacial score (nSPS) is 9.08. The molecular formula is C8H6NO3. The summed E-state index contributed by atoms with van der Waals surface area (Å²) in [4.78, 5) is 24.9. The molecule has 4 heteroatoms. The third-order valence-electron chi connectivity index (χ3n) is 1.10. The summed E-state index contributed by atoms with van der Waals surface area (Å²) in [7, 11) is 0. The lowest BCUT2D eigenvalue weighted by Crippen LogP contribution is -2.09. The summed E-state index contributed by atoms with van der Waals surface area (Å²) < 4.78 is 4.21. The highest BCUT2D eigenvalue weighted by Crippen LogP contribution is 1.98. The van der Waals surface area contributed by atoms with Crippen LogP contribution in [0, 0.1) is 6.92 Å². The highest BCUT2D eigenvalue weighted by Gasteiger charge is 2.08. The Kier molecular flexibility index (Phi) is 2.53. The molecule has 0 aliphatic rings. The maximum absolute atomic E-state index is 10.9. The number of aromatic nitrogens is 1. The molecule has 1 rings (SSSR count). The molecule has 0 amide bonds. The first-order chi connectivity index (χ1) is 5.70. The van der Waals surface area contributed by atoms with Crippen molar-refractivity contribution in [2.75, 3.05) is 0 Å². The second-order valence-corrected chi connectivity index (χ2v) is 2.00. The molecule has 0 aromatic carbocycles. The molecule has 0 saturated carbocycles. The zero-order valence-electron chi connectivity index (χ0n) is 6.19. The lowest BCUT2D eigenvalue weighted by Gasteiger charge is -1.97. The highest BCUT2D eigenvalue weighted by atomic mass is 16.6. The van der Waals surface area contributed by atoms with Gasteiger partial charge >= 0.3 is 11.9 Å². The largest absolute Gasteiger partial charge is 0.389 e. The molecule has 1 aromatic rings. The van der Waals surface area contributed by atoms with Gasteiger partial charge in [0.15, 0.2) is 0 Å². The molecule has 0 unspecified atom stereocenters. The zero-order chi connectivity index (χ0) is 8.97. The van der Waals surface area contributed by atoms with Crippen molar-refractivity contribution >= 4 is 11.9 Å². The minimum Gasteiger partial charge on any atom is -0.389 e. The quantitative estimate of drug-likeness (QED) is 0.450. The van der Waals surface area contributed by atoms with Crippen LogP contribution in [0.25, 0.3) is 0 Å². The van der Waals surface area contributed by atoms with E-state index in [9.17, 15) is 9.59 Å². The maximum Gasteiger partial charge on any atom is 0.347 e. The van der Waals surface area contributed by atoms with Crippen molar-refractivity contribution in [2.24, 2.45) is 0 Å². The predicted molar refractivity (Wildman–Crippen MR) is 40.0 cm³/mol. The summed E-state index contributed by atoms with van der Waals surface area (Å²) in [5, 5.41) is 0. The first-order valence-corrected chi connectivity index (χ1v) is 3.18. The van der Waals surface area contributed by atoms with Crippen molar-refractivity contribution in [3.8, 4) is 0 Å². The van der Waals surface area contributed by atoms with Gasteiger partial charge in [0.05, 0.1) is 12.5 Å². The first-order valence-electron chi connectivity index (χ1n) is 3.18. The van der Waals surface area contributed by atoms with Crippen LogP contribution in [0.3, 0.4) is 0 Å². The zero-order valence-corrected chi connectivity index (χ0v) is 6.19. The summed E-state index contributed by atoms with van der Waals surface area (Å²) in [5.74, 6) is -1.60. The summed E-state index contributed by atoms with van der Waals surface area (Å²) in [6, 6.07) is 3.07. The highest BCUT2D eigenvalue weighted by molar-refractivity contribution is 5.97. The van der Waals surface area contributed by atoms with Crippen molar-refractivity contribution < 1.29 is 14.3 Å². The minimum atomic E-state index is -0.871. The summed E-state index contributed by atoms with van der Waals surface area (Å²) in [5.41, 5.74) is 0.231. The Labute approximate surface area is 69.2 Å². The standard InChI is InChI=1S/C8H6NO3/c1-6(10)12-8(11)7-3-2-4-9-5-7/h2-5H,1H2. The van der Waals surface area contributed by atoms with Crippen LogP contribution in [0.2, 0.25) is 0 Å². The molecule has 0 atom stereocenters. The second-order valence-electron chi connectivity index (χ2n) is 2.00. The van der Waals surface area contributed by atoms with Gasteiger partial charge in [-0.05, 0) is 12.1 Å². The Balaban J connectivity index is 2.73. The van der Waals surface area contributed by atoms with E-state index in [1.165, 1.54) is 18.5 Å². The van der Waals surface area contributed by atoms with Crippen LogP contribution in [0.4, 0.5) is 0 Å². The van der Waals surface area contributed by atoms with Crippen molar-refractivity contribution in [1.82, 2.24) is 4.98 Å². The number of carbonyl (C=O) groups is 2. The number of rotatable bonds is 1. The molecule has 0 aliphatic carbocycles. The molecule has 12 heavy (non-hydrogen) atoms. The van der Waals surface area contributed by atoms with E-state index < -0.39 is 11.9 Å². The minimum absolute atomic E-state index is 0.231. The van der Waals surface area contributed by atoms with Crippen LogP contribution >= 0.6 is 0 Å². The summed E-state index contributed by atoms with van der Waals surface area (Å²) >= 11 is 0. The Morgan fingerprint density at radius 1 is 1.50 bits per heavy atom. The molecule has 0 aliphatic heterocycles. The van der Waals surface area contributed by atoms with Gasteiger partial charge in [0.1, 0.15) is 0 Å². The number of hydrogen-bond acceptors (Lipinski definition) is 4. The molecule has 1 aromatic heterocycles. The molecule has 0 spiro atoms. The van der Waals surface area contributed by atoms with Crippen LogP contribution < -0.4 is 0 Å². The van der Waals surface area contributed by atoms with Crippen LogP contribution in [-0.2, 0) is 9.53 Å². The van der Waals surface area contributed by atoms with Gasteiger partial charge < -0.3 is 4.74 Å². The van der Waals surface area contributed by atoms with E-state index in [0.29, 0.717) is 0 Å². The van der Waals surface area contributed by atoms with E-state index >= 15 is 0 Å². The SMILES string of the molecule is [CH2]C(=O)OC(=O)c1cccnc1. The van der Waals surface area contributed by atoms with Crippen LogP contribution in [-0.4, -0.2) is 16.9 Å². The van der Waals surface area contributed by atoms with Crippen molar-refractivity contribution in [1.29, 1.82) is 0 Å². The number of esters is 2. The monoisotopic (exact) mass is 164 g/mol. The number of carbonyl (C=O) groups excluding carboxylic acids is 2. The number of pyridine rings is 1. The number of nitrogens with zero attached hydrogens (tertiary/aromatic N) is 1. The Morgan fingerprint density at radius 3 is 2.75 bits per heavy atom. The Morgan fingerprint density at radius 2 is 2.25 bits per heavy atom. The van der Waals surface area contributed by atoms with Gasteiger partial charge in [-0.25, -0.2) is 4.79 Å². The van der Waals surface area contributed by atoms with E-state index in [2.05, 4.69) is 16.6 Å². The lowest BCUT2D eigenvalue weighted by molar-refractivity contribution is -0.132. The van der Waals surface area contributed by atoms with Gasteiger partial charge in [-0.1, -0.05) is 0 Å². The van der Waals surface area contributed by atoms with Gasteiger partial charge in [-0.15, -0.1) is 0 Å². The average Bonchev–Trinajstić information content (AvgIpc) is 2.05. The molecule has 0 bridgehead atoms. The summed E-state index contributed by atoms with van der Waals surface area (Å²) in [6.45, 7) is 2.90. The van der Waals surface area contributed by atoms with Crippen molar-refractivity contribution in [2.45, 2.75) is 0 Å². The first kappa shape index (κ1) is 8.39. The lowest BCUT2D eigenvalue weighted by atomic mass is 10.3. The molecule has 0 fully saturated rings. The fraction of sp³-hybridized carbons (Fsp3) is 0. The van der Waals surface area contributed by atoms with Crippen molar-refractivity contribution in [3.05, 3.63) is 37.0 Å². The fourth-order valence-corrected chi connectivity index (χ4v) is 0.646. The van der Waals surface area contributed by atoms with Crippen LogP contribution in [0.15, 0.2) is 24.5 Å². The second kappa shape index (κ2) is 3.61. The molecule has 1 heterocycles. The Hall–Kier alpha value is -1.71. The van der Waals surface area contributed by atoms with Gasteiger partial charge in [0.2, 0.25) is 0 Å². The summed E-state index contributed by atoms with van der Waals surface area (Å²) in [6.07, 6.45) is 2.83. The topological polar surface area (TPSA) is 56.3 Å². The van der Waals surface area contributed by atoms with E-state index in [0.717, 1.165) is 0 Å². The number of hydrogen-bond donors (Lipinski definition) is 0. The van der Waals surface area contributed by atoms with Gasteiger partial charge in [0.25, 0.3) is 0 Å². The molecule has 0 saturated heterocycles. The van der Waals surface area contributed by atoms with E-state index in [1.807, 2.05) is 0 Å². The van der Waals surface area contributed by atoms with Gasteiger partial charge in [0, 0.05) is 12.4 Å². The van der Waals surface area contributed by atoms with Gasteiger partial charge in [-0.3, -0.25) is 9.78 Å². The van der Waals surface area contributed by atoms with E-state index in [1.54, 1.807) is 6.07 Å². The van der Waals surface area contributed by atoms with Crippen LogP contribution in [0.1, 0.15) is 10.4 Å². The third-order valence-corrected chi connectivity index (χ3v) is 1.10. The molecule has 4 nitrogen and oxygen atoms in total.